The fraction of sp³-hybridized carbons (Fsp3) is 0.400. The molecule has 0 saturated heterocycles. The second-order valence-electron chi connectivity index (χ2n) is 5.08. The van der Waals surface area contributed by atoms with Crippen LogP contribution in [0.15, 0.2) is 18.2 Å². The van der Waals surface area contributed by atoms with Crippen LogP contribution in [0.3, 0.4) is 0 Å². The molecule has 1 atom stereocenters. The zero-order valence-corrected chi connectivity index (χ0v) is 12.7. The number of hydrogen-bond donors (Lipinski definition) is 1. The summed E-state index contributed by atoms with van der Waals surface area (Å²) in [5.41, 5.74) is 8.59. The normalized spacial score (nSPS) is 12.7. The summed E-state index contributed by atoms with van der Waals surface area (Å²) in [6.07, 6.45) is 2.08. The summed E-state index contributed by atoms with van der Waals surface area (Å²) < 4.78 is 14.9. The second kappa shape index (κ2) is 5.83. The molecule has 0 amide bonds. The molecule has 108 valence electrons. The van der Waals surface area contributed by atoms with Gasteiger partial charge in [0.25, 0.3) is 0 Å². The molecule has 1 heterocycles. The summed E-state index contributed by atoms with van der Waals surface area (Å²) in [6.45, 7) is 4.25. The quantitative estimate of drug-likeness (QED) is 0.910. The predicted molar refractivity (Wildman–Crippen MR) is 81.3 cm³/mol. The van der Waals surface area contributed by atoms with Crippen LogP contribution in [-0.2, 0) is 7.05 Å². The van der Waals surface area contributed by atoms with Crippen LogP contribution in [0.5, 0.6) is 0 Å². The number of nitrogens with zero attached hydrogens (tertiary/aromatic N) is 2. The van der Waals surface area contributed by atoms with Gasteiger partial charge in [-0.25, -0.2) is 4.39 Å². The zero-order chi connectivity index (χ0) is 14.9. The van der Waals surface area contributed by atoms with Gasteiger partial charge in [-0.2, -0.15) is 5.10 Å². The molecule has 2 aromatic rings. The molecule has 0 bridgehead atoms. The molecule has 1 aromatic heterocycles. The number of nitrogen functional groups attached to an aromatic ring is 1. The highest BCUT2D eigenvalue weighted by molar-refractivity contribution is 6.33. The highest BCUT2D eigenvalue weighted by atomic mass is 35.5. The third kappa shape index (κ3) is 2.66. The third-order valence-electron chi connectivity index (χ3n) is 3.51. The predicted octanol–water partition coefficient (Wildman–Crippen LogP) is 4.37. The van der Waals surface area contributed by atoms with E-state index in [0.29, 0.717) is 10.8 Å². The van der Waals surface area contributed by atoms with Crippen LogP contribution in [0.25, 0.3) is 11.1 Å². The average Bonchev–Trinajstić information content (AvgIpc) is 2.67. The molecule has 3 nitrogen and oxygen atoms in total. The molecule has 0 fully saturated rings. The molecule has 0 spiro atoms. The Morgan fingerprint density at radius 1 is 1.45 bits per heavy atom. The zero-order valence-electron chi connectivity index (χ0n) is 12.0. The molecule has 1 aromatic carbocycles. The number of hydrogen-bond acceptors (Lipinski definition) is 2. The molecule has 2 rings (SSSR count). The van der Waals surface area contributed by atoms with E-state index in [9.17, 15) is 4.39 Å². The second-order valence-corrected chi connectivity index (χ2v) is 5.49. The van der Waals surface area contributed by atoms with Gasteiger partial charge in [-0.1, -0.05) is 31.9 Å². The highest BCUT2D eigenvalue weighted by Gasteiger charge is 2.21. The maximum absolute atomic E-state index is 13.2. The van der Waals surface area contributed by atoms with Crippen molar-refractivity contribution in [3.63, 3.8) is 0 Å². The van der Waals surface area contributed by atoms with E-state index in [1.807, 2.05) is 0 Å². The van der Waals surface area contributed by atoms with Crippen molar-refractivity contribution in [2.45, 2.75) is 32.6 Å². The van der Waals surface area contributed by atoms with Crippen molar-refractivity contribution in [3.8, 4) is 11.1 Å². The van der Waals surface area contributed by atoms with Gasteiger partial charge >= 0.3 is 0 Å². The van der Waals surface area contributed by atoms with Crippen molar-refractivity contribution >= 4 is 17.4 Å². The van der Waals surface area contributed by atoms with Gasteiger partial charge in [-0.05, 0) is 24.6 Å². The lowest BCUT2D eigenvalue weighted by Crippen LogP contribution is -1.98. The van der Waals surface area contributed by atoms with Crippen LogP contribution in [0, 0.1) is 5.82 Å². The van der Waals surface area contributed by atoms with Crippen molar-refractivity contribution in [1.29, 1.82) is 0 Å². The molecule has 1 unspecified atom stereocenters. The van der Waals surface area contributed by atoms with Crippen LogP contribution in [-0.4, -0.2) is 9.78 Å². The Morgan fingerprint density at radius 2 is 2.15 bits per heavy atom. The summed E-state index contributed by atoms with van der Waals surface area (Å²) >= 11 is 6.17. The number of benzene rings is 1. The number of halogens is 2. The molecule has 20 heavy (non-hydrogen) atoms. The maximum Gasteiger partial charge on any atom is 0.129 e. The Morgan fingerprint density at radius 3 is 2.75 bits per heavy atom. The van der Waals surface area contributed by atoms with E-state index in [1.165, 1.54) is 12.1 Å². The van der Waals surface area contributed by atoms with E-state index in [1.54, 1.807) is 17.8 Å². The Bertz CT molecular complexity index is 622. The summed E-state index contributed by atoms with van der Waals surface area (Å²) in [7, 11) is 1.80. The van der Waals surface area contributed by atoms with Crippen LogP contribution < -0.4 is 5.73 Å². The lowest BCUT2D eigenvalue weighted by atomic mass is 9.95. The van der Waals surface area contributed by atoms with Gasteiger partial charge in [0.1, 0.15) is 11.6 Å². The topological polar surface area (TPSA) is 43.8 Å². The monoisotopic (exact) mass is 295 g/mol. The van der Waals surface area contributed by atoms with E-state index in [4.69, 9.17) is 17.3 Å². The summed E-state index contributed by atoms with van der Waals surface area (Å²) in [4.78, 5) is 0. The van der Waals surface area contributed by atoms with Crippen LogP contribution in [0.2, 0.25) is 5.02 Å². The van der Waals surface area contributed by atoms with Crippen LogP contribution in [0.4, 0.5) is 10.2 Å². The van der Waals surface area contributed by atoms with Crippen molar-refractivity contribution < 1.29 is 4.39 Å². The van der Waals surface area contributed by atoms with Crippen molar-refractivity contribution in [2.24, 2.45) is 7.05 Å². The molecule has 0 aliphatic carbocycles. The fourth-order valence-corrected chi connectivity index (χ4v) is 2.70. The van der Waals surface area contributed by atoms with E-state index in [-0.39, 0.29) is 11.7 Å². The van der Waals surface area contributed by atoms with Gasteiger partial charge in [0.05, 0.1) is 10.7 Å². The van der Waals surface area contributed by atoms with E-state index >= 15 is 0 Å². The van der Waals surface area contributed by atoms with Crippen molar-refractivity contribution in [1.82, 2.24) is 9.78 Å². The molecule has 2 N–H and O–H groups in total. The first-order chi connectivity index (χ1) is 9.45. The van der Waals surface area contributed by atoms with Gasteiger partial charge < -0.3 is 5.73 Å². The number of aromatic nitrogens is 2. The minimum Gasteiger partial charge on any atom is -0.383 e. The minimum absolute atomic E-state index is 0.277. The molecule has 0 aliphatic rings. The third-order valence-corrected chi connectivity index (χ3v) is 3.82. The Hall–Kier alpha value is -1.55. The summed E-state index contributed by atoms with van der Waals surface area (Å²) in [5, 5.41) is 4.86. The molecule has 0 saturated carbocycles. The van der Waals surface area contributed by atoms with Gasteiger partial charge in [0, 0.05) is 24.1 Å². The molecule has 5 heteroatoms. The van der Waals surface area contributed by atoms with E-state index in [0.717, 1.165) is 29.7 Å². The Labute approximate surface area is 123 Å². The molecule has 0 radical (unpaired) electrons. The molecule has 0 aliphatic heterocycles. The maximum atomic E-state index is 13.2. The van der Waals surface area contributed by atoms with E-state index < -0.39 is 0 Å². The van der Waals surface area contributed by atoms with Gasteiger partial charge in [0.2, 0.25) is 0 Å². The number of nitrogens with two attached hydrogens (primary N) is 1. The number of anilines is 1. The fourth-order valence-electron chi connectivity index (χ4n) is 2.44. The SMILES string of the molecule is CCCC(C)c1nn(C)c(N)c1-c1ccc(F)cc1Cl. The lowest BCUT2D eigenvalue weighted by molar-refractivity contribution is 0.626. The Balaban J connectivity index is 2.60. The highest BCUT2D eigenvalue weighted by Crippen LogP contribution is 2.38. The molecular weight excluding hydrogens is 277 g/mol. The largest absolute Gasteiger partial charge is 0.383 e. The Kier molecular flexibility index (Phi) is 4.33. The van der Waals surface area contributed by atoms with Crippen molar-refractivity contribution in [3.05, 3.63) is 34.7 Å². The molecular formula is C15H19ClFN3. The van der Waals surface area contributed by atoms with Gasteiger partial charge in [0.15, 0.2) is 0 Å². The van der Waals surface area contributed by atoms with Gasteiger partial charge in [-0.3, -0.25) is 4.68 Å². The number of aryl methyl sites for hydroxylation is 1. The first-order valence-corrected chi connectivity index (χ1v) is 7.11. The first-order valence-electron chi connectivity index (χ1n) is 6.73. The van der Waals surface area contributed by atoms with Gasteiger partial charge in [-0.15, -0.1) is 0 Å². The van der Waals surface area contributed by atoms with Crippen molar-refractivity contribution in [2.75, 3.05) is 5.73 Å². The standard InChI is InChI=1S/C15H19ClFN3/c1-4-5-9(2)14-13(15(18)20(3)19-14)11-7-6-10(17)8-12(11)16/h6-9H,4-5,18H2,1-3H3. The summed E-state index contributed by atoms with van der Waals surface area (Å²) in [6, 6.07) is 4.35. The van der Waals surface area contributed by atoms with Crippen LogP contribution in [0.1, 0.15) is 38.3 Å². The minimum atomic E-state index is -0.357. The lowest BCUT2D eigenvalue weighted by Gasteiger charge is -2.11. The number of rotatable bonds is 4. The first kappa shape index (κ1) is 14.9. The smallest absolute Gasteiger partial charge is 0.129 e. The summed E-state index contributed by atoms with van der Waals surface area (Å²) in [5.74, 6) is 0.473. The van der Waals surface area contributed by atoms with E-state index in [2.05, 4.69) is 18.9 Å². The average molecular weight is 296 g/mol. The van der Waals surface area contributed by atoms with Crippen LogP contribution >= 0.6 is 11.6 Å².